The summed E-state index contributed by atoms with van der Waals surface area (Å²) in [5.41, 5.74) is 3.68. The van der Waals surface area contributed by atoms with Crippen molar-refractivity contribution < 1.29 is 0 Å². The summed E-state index contributed by atoms with van der Waals surface area (Å²) in [6.45, 7) is 4.66. The van der Waals surface area contributed by atoms with Gasteiger partial charge in [0.15, 0.2) is 4.20 Å². The Labute approximate surface area is 152 Å². The topological polar surface area (TPSA) is 15.6 Å². The molecule has 0 bridgehead atoms. The van der Waals surface area contributed by atoms with Crippen molar-refractivity contribution in [3.8, 4) is 0 Å². The molecule has 0 N–H and O–H groups in total. The number of hydrogen-bond donors (Lipinski definition) is 0. The third-order valence-corrected chi connectivity index (χ3v) is 8.85. The predicted octanol–water partition coefficient (Wildman–Crippen LogP) is 5.44. The number of nitrogens with zero attached hydrogens (tertiary/aromatic N) is 2. The molecule has 4 heteroatoms. The molecule has 2 aromatic rings. The number of benzene rings is 2. The molecule has 0 radical (unpaired) electrons. The van der Waals surface area contributed by atoms with Crippen molar-refractivity contribution in [1.29, 1.82) is 0 Å². The number of fused-ring (bicyclic) bond motifs is 2. The van der Waals surface area contributed by atoms with Gasteiger partial charge in [-0.05, 0) is 38.0 Å². The molecule has 4 rings (SSSR count). The predicted molar refractivity (Wildman–Crippen MR) is 107 cm³/mol. The monoisotopic (exact) mass is 354 g/mol. The highest BCUT2D eigenvalue weighted by Gasteiger charge is 2.69. The van der Waals surface area contributed by atoms with Gasteiger partial charge < -0.3 is 4.90 Å². The summed E-state index contributed by atoms with van der Waals surface area (Å²) in [4.78, 5) is 7.63. The second kappa shape index (κ2) is 5.57. The van der Waals surface area contributed by atoms with Gasteiger partial charge in [0.1, 0.15) is 5.84 Å². The lowest BCUT2D eigenvalue weighted by Gasteiger charge is -2.67. The molecule has 2 heterocycles. The highest BCUT2D eigenvalue weighted by molar-refractivity contribution is 8.17. The number of hydrogen-bond acceptors (Lipinski definition) is 4. The first-order valence-electron chi connectivity index (χ1n) is 8.23. The molecule has 2 atom stereocenters. The largest absolute Gasteiger partial charge is 0.328 e. The third kappa shape index (κ3) is 1.79. The summed E-state index contributed by atoms with van der Waals surface area (Å²) in [6, 6.07) is 19.7. The van der Waals surface area contributed by atoms with Crippen LogP contribution in [-0.4, -0.2) is 27.5 Å². The van der Waals surface area contributed by atoms with Crippen molar-refractivity contribution in [2.75, 3.05) is 12.5 Å². The average Bonchev–Trinajstić information content (AvgIpc) is 2.64. The summed E-state index contributed by atoms with van der Waals surface area (Å²) in [6.07, 6.45) is 4.45. The summed E-state index contributed by atoms with van der Waals surface area (Å²) in [5.74, 6) is 1.20. The van der Waals surface area contributed by atoms with Crippen LogP contribution in [0.15, 0.2) is 59.6 Å². The molecule has 24 heavy (non-hydrogen) atoms. The van der Waals surface area contributed by atoms with Crippen LogP contribution in [0.1, 0.15) is 31.0 Å². The van der Waals surface area contributed by atoms with Crippen molar-refractivity contribution in [2.45, 2.75) is 29.5 Å². The van der Waals surface area contributed by atoms with Gasteiger partial charge in [-0.3, -0.25) is 0 Å². The minimum absolute atomic E-state index is 0.0415. The molecule has 2 aliphatic heterocycles. The van der Waals surface area contributed by atoms with Crippen molar-refractivity contribution in [1.82, 2.24) is 4.90 Å². The summed E-state index contributed by atoms with van der Waals surface area (Å²) >= 11 is 3.87. The summed E-state index contributed by atoms with van der Waals surface area (Å²) in [5, 5.41) is 0. The molecule has 2 aromatic carbocycles. The van der Waals surface area contributed by atoms with Crippen LogP contribution >= 0.6 is 23.5 Å². The Morgan fingerprint density at radius 3 is 2.25 bits per heavy atom. The van der Waals surface area contributed by atoms with E-state index < -0.39 is 0 Å². The standard InChI is InChI=1S/C20H22N2S2/c1-14-16-12-8-9-13-17(16)21-18-19(2,15-10-6-5-7-11-15)20(23-3,24-4)22(14)18/h5-14H,1-4H3/t14-,19-/m1/s1. The van der Waals surface area contributed by atoms with E-state index in [9.17, 15) is 0 Å². The van der Waals surface area contributed by atoms with E-state index in [0.717, 1.165) is 5.69 Å². The van der Waals surface area contributed by atoms with Gasteiger partial charge in [0, 0.05) is 5.56 Å². The Morgan fingerprint density at radius 2 is 1.58 bits per heavy atom. The van der Waals surface area contributed by atoms with E-state index >= 15 is 0 Å². The molecule has 1 saturated heterocycles. The molecular weight excluding hydrogens is 332 g/mol. The fourth-order valence-electron chi connectivity index (χ4n) is 4.28. The highest BCUT2D eigenvalue weighted by Crippen LogP contribution is 2.65. The van der Waals surface area contributed by atoms with E-state index in [0.29, 0.717) is 6.04 Å². The third-order valence-electron chi connectivity index (χ3n) is 5.53. The molecule has 2 aliphatic rings. The lowest BCUT2D eigenvalue weighted by Crippen LogP contribution is -2.76. The molecule has 1 fully saturated rings. The molecule has 124 valence electrons. The average molecular weight is 355 g/mol. The van der Waals surface area contributed by atoms with Crippen LogP contribution in [0.4, 0.5) is 5.69 Å². The Bertz CT molecular complexity index is 798. The van der Waals surface area contributed by atoms with E-state index in [2.05, 4.69) is 85.9 Å². The molecule has 0 saturated carbocycles. The van der Waals surface area contributed by atoms with E-state index in [-0.39, 0.29) is 9.62 Å². The van der Waals surface area contributed by atoms with Crippen LogP contribution in [0, 0.1) is 0 Å². The number of thioether (sulfide) groups is 2. The minimum atomic E-state index is -0.102. The maximum atomic E-state index is 5.10. The molecule has 0 spiro atoms. The number of amidine groups is 1. The Balaban J connectivity index is 1.96. The van der Waals surface area contributed by atoms with Crippen LogP contribution in [0.25, 0.3) is 0 Å². The first-order valence-corrected chi connectivity index (χ1v) is 10.7. The van der Waals surface area contributed by atoms with Crippen molar-refractivity contribution in [3.63, 3.8) is 0 Å². The summed E-state index contributed by atoms with van der Waals surface area (Å²) < 4.78 is -0.0415. The second-order valence-electron chi connectivity index (χ2n) is 6.52. The summed E-state index contributed by atoms with van der Waals surface area (Å²) in [7, 11) is 0. The van der Waals surface area contributed by atoms with E-state index in [4.69, 9.17) is 4.99 Å². The Hall–Kier alpha value is -1.39. The van der Waals surface area contributed by atoms with Gasteiger partial charge in [0.25, 0.3) is 0 Å². The van der Waals surface area contributed by atoms with E-state index in [1.165, 1.54) is 17.0 Å². The van der Waals surface area contributed by atoms with Crippen molar-refractivity contribution in [2.24, 2.45) is 4.99 Å². The van der Waals surface area contributed by atoms with Gasteiger partial charge in [0.2, 0.25) is 0 Å². The molecule has 2 nitrogen and oxygen atoms in total. The zero-order chi connectivity index (χ0) is 16.9. The highest BCUT2D eigenvalue weighted by atomic mass is 32.2. The van der Waals surface area contributed by atoms with Gasteiger partial charge in [-0.2, -0.15) is 0 Å². The maximum absolute atomic E-state index is 5.10. The second-order valence-corrected chi connectivity index (χ2v) is 8.78. The first kappa shape index (κ1) is 16.1. The Morgan fingerprint density at radius 1 is 0.958 bits per heavy atom. The number of rotatable bonds is 3. The van der Waals surface area contributed by atoms with Crippen molar-refractivity contribution >= 4 is 35.0 Å². The van der Waals surface area contributed by atoms with Crippen LogP contribution in [-0.2, 0) is 5.41 Å². The first-order chi connectivity index (χ1) is 11.6. The smallest absolute Gasteiger partial charge is 0.151 e. The molecule has 0 amide bonds. The lowest BCUT2D eigenvalue weighted by atomic mass is 9.71. The molecular formula is C20H22N2S2. The zero-order valence-electron chi connectivity index (χ0n) is 14.5. The molecule has 0 unspecified atom stereocenters. The van der Waals surface area contributed by atoms with Crippen LogP contribution in [0.3, 0.4) is 0 Å². The molecule has 0 aliphatic carbocycles. The van der Waals surface area contributed by atoms with Gasteiger partial charge in [-0.15, -0.1) is 23.5 Å². The normalized spacial score (nSPS) is 26.9. The zero-order valence-corrected chi connectivity index (χ0v) is 16.1. The van der Waals surface area contributed by atoms with E-state index in [1.807, 2.05) is 23.5 Å². The number of aliphatic imine (C=N–C) groups is 1. The van der Waals surface area contributed by atoms with Gasteiger partial charge in [0.05, 0.1) is 17.1 Å². The van der Waals surface area contributed by atoms with Crippen LogP contribution in [0.5, 0.6) is 0 Å². The Kier molecular flexibility index (Phi) is 3.73. The van der Waals surface area contributed by atoms with Crippen LogP contribution in [0.2, 0.25) is 0 Å². The quantitative estimate of drug-likeness (QED) is 0.682. The maximum Gasteiger partial charge on any atom is 0.151 e. The minimum Gasteiger partial charge on any atom is -0.328 e. The van der Waals surface area contributed by atoms with Crippen LogP contribution < -0.4 is 0 Å². The SMILES string of the molecule is CSC1(SC)N2C(=Nc3ccccc3[C@H]2C)[C@@]1(C)c1ccccc1. The fraction of sp³-hybridized carbons (Fsp3) is 0.350. The number of para-hydroxylation sites is 1. The van der Waals surface area contributed by atoms with Crippen molar-refractivity contribution in [3.05, 3.63) is 65.7 Å². The lowest BCUT2D eigenvalue weighted by molar-refractivity contribution is 0.152. The van der Waals surface area contributed by atoms with E-state index in [1.54, 1.807) is 0 Å². The molecule has 0 aromatic heterocycles. The van der Waals surface area contributed by atoms with Gasteiger partial charge in [-0.1, -0.05) is 48.5 Å². The van der Waals surface area contributed by atoms with Gasteiger partial charge >= 0.3 is 0 Å². The fourth-order valence-corrected chi connectivity index (χ4v) is 7.06. The van der Waals surface area contributed by atoms with Gasteiger partial charge in [-0.25, -0.2) is 4.99 Å².